The first-order valence-electron chi connectivity index (χ1n) is 6.79. The van der Waals surface area contributed by atoms with E-state index in [9.17, 15) is 0 Å². The summed E-state index contributed by atoms with van der Waals surface area (Å²) in [5.41, 5.74) is 5.13. The number of thiophene rings is 1. The van der Waals surface area contributed by atoms with Crippen molar-refractivity contribution in [2.24, 2.45) is 0 Å². The highest BCUT2D eigenvalue weighted by Crippen LogP contribution is 2.33. The molecule has 3 aromatic rings. The van der Waals surface area contributed by atoms with Crippen molar-refractivity contribution in [1.82, 2.24) is 4.98 Å². The Morgan fingerprint density at radius 1 is 1.00 bits per heavy atom. The number of fused-ring (bicyclic) bond motifs is 1. The molecule has 1 aromatic carbocycles. The van der Waals surface area contributed by atoms with E-state index in [2.05, 4.69) is 49.6 Å². The van der Waals surface area contributed by atoms with Gasteiger partial charge in [-0.25, -0.2) is 4.98 Å². The average molecular weight is 267 g/mol. The number of para-hydroxylation sites is 1. The molecule has 1 nitrogen and oxygen atoms in total. The van der Waals surface area contributed by atoms with Crippen molar-refractivity contribution in [2.75, 3.05) is 0 Å². The molecule has 0 fully saturated rings. The summed E-state index contributed by atoms with van der Waals surface area (Å²) in [6.45, 7) is 4.45. The third-order valence-electron chi connectivity index (χ3n) is 3.55. The Hall–Kier alpha value is -1.67. The third-order valence-corrected chi connectivity index (χ3v) is 4.64. The van der Waals surface area contributed by atoms with Crippen LogP contribution in [0, 0.1) is 0 Å². The van der Waals surface area contributed by atoms with Crippen LogP contribution in [0.15, 0.2) is 41.8 Å². The van der Waals surface area contributed by atoms with Gasteiger partial charge in [0.15, 0.2) is 0 Å². The Morgan fingerprint density at radius 2 is 1.84 bits per heavy atom. The number of rotatable bonds is 3. The molecular weight excluding hydrogens is 250 g/mol. The molecule has 19 heavy (non-hydrogen) atoms. The van der Waals surface area contributed by atoms with Gasteiger partial charge in [-0.05, 0) is 41.5 Å². The molecule has 0 atom stereocenters. The Balaban J connectivity index is 2.16. The molecule has 96 valence electrons. The number of hydrogen-bond donors (Lipinski definition) is 0. The first-order chi connectivity index (χ1) is 9.33. The minimum atomic E-state index is 1.08. The summed E-state index contributed by atoms with van der Waals surface area (Å²) in [6.07, 6.45) is 2.18. The molecule has 2 heterocycles. The maximum Gasteiger partial charge on any atom is 0.0812 e. The first kappa shape index (κ1) is 12.4. The fraction of sp³-hybridized carbons (Fsp3) is 0.235. The molecule has 0 spiro atoms. The van der Waals surface area contributed by atoms with Gasteiger partial charge in [0.2, 0.25) is 0 Å². The second-order valence-electron chi connectivity index (χ2n) is 4.66. The zero-order chi connectivity index (χ0) is 13.2. The lowest BCUT2D eigenvalue weighted by atomic mass is 10.0. The molecule has 0 unspecified atom stereocenters. The van der Waals surface area contributed by atoms with Gasteiger partial charge in [0.25, 0.3) is 0 Å². The standard InChI is InChI=1S/C17H17NS/c1-3-12-11-19-17(14(12)4-2)16-10-9-13-7-5-6-8-15(13)18-16/h5-11H,3-4H2,1-2H3. The molecule has 0 aliphatic rings. The topological polar surface area (TPSA) is 12.9 Å². The molecular formula is C17H17NS. The van der Waals surface area contributed by atoms with Gasteiger partial charge in [0.1, 0.15) is 0 Å². The van der Waals surface area contributed by atoms with E-state index in [0.29, 0.717) is 0 Å². The lowest BCUT2D eigenvalue weighted by molar-refractivity contribution is 1.06. The second kappa shape index (κ2) is 5.14. The molecule has 0 bridgehead atoms. The van der Waals surface area contributed by atoms with Crippen LogP contribution in [0.25, 0.3) is 21.5 Å². The van der Waals surface area contributed by atoms with Crippen LogP contribution in [0.3, 0.4) is 0 Å². The summed E-state index contributed by atoms with van der Waals surface area (Å²) in [4.78, 5) is 6.15. The van der Waals surface area contributed by atoms with Crippen molar-refractivity contribution in [2.45, 2.75) is 26.7 Å². The number of aromatic nitrogens is 1. The van der Waals surface area contributed by atoms with E-state index in [1.54, 1.807) is 0 Å². The van der Waals surface area contributed by atoms with Crippen LogP contribution in [-0.4, -0.2) is 4.98 Å². The zero-order valence-corrected chi connectivity index (χ0v) is 12.1. The summed E-state index contributed by atoms with van der Waals surface area (Å²) in [7, 11) is 0. The molecule has 2 heteroatoms. The minimum absolute atomic E-state index is 1.08. The lowest BCUT2D eigenvalue weighted by Crippen LogP contribution is -1.90. The summed E-state index contributed by atoms with van der Waals surface area (Å²) >= 11 is 1.82. The van der Waals surface area contributed by atoms with Gasteiger partial charge in [0.05, 0.1) is 16.1 Å². The van der Waals surface area contributed by atoms with E-state index < -0.39 is 0 Å². The highest BCUT2D eigenvalue weighted by molar-refractivity contribution is 7.13. The van der Waals surface area contributed by atoms with Gasteiger partial charge in [0, 0.05) is 5.39 Å². The molecule has 3 rings (SSSR count). The number of hydrogen-bond acceptors (Lipinski definition) is 2. The highest BCUT2D eigenvalue weighted by Gasteiger charge is 2.12. The van der Waals surface area contributed by atoms with Crippen molar-refractivity contribution >= 4 is 22.2 Å². The smallest absolute Gasteiger partial charge is 0.0812 e. The lowest BCUT2D eigenvalue weighted by Gasteiger charge is -2.05. The Labute approximate surface area is 117 Å². The van der Waals surface area contributed by atoms with Crippen LogP contribution in [-0.2, 0) is 12.8 Å². The van der Waals surface area contributed by atoms with Gasteiger partial charge in [-0.3, -0.25) is 0 Å². The van der Waals surface area contributed by atoms with Crippen molar-refractivity contribution in [3.63, 3.8) is 0 Å². The van der Waals surface area contributed by atoms with Crippen LogP contribution in [0.4, 0.5) is 0 Å². The average Bonchev–Trinajstić information content (AvgIpc) is 2.89. The molecule has 0 saturated heterocycles. The van der Waals surface area contributed by atoms with Gasteiger partial charge >= 0.3 is 0 Å². The molecule has 0 aliphatic carbocycles. The van der Waals surface area contributed by atoms with Crippen LogP contribution in [0.5, 0.6) is 0 Å². The van der Waals surface area contributed by atoms with Crippen molar-refractivity contribution in [1.29, 1.82) is 0 Å². The monoisotopic (exact) mass is 267 g/mol. The third kappa shape index (κ3) is 2.17. The van der Waals surface area contributed by atoms with E-state index >= 15 is 0 Å². The van der Waals surface area contributed by atoms with Gasteiger partial charge in [-0.2, -0.15) is 0 Å². The quantitative estimate of drug-likeness (QED) is 0.644. The minimum Gasteiger partial charge on any atom is -0.247 e. The van der Waals surface area contributed by atoms with Gasteiger partial charge < -0.3 is 0 Å². The highest BCUT2D eigenvalue weighted by atomic mass is 32.1. The van der Waals surface area contributed by atoms with E-state index in [0.717, 1.165) is 24.1 Å². The molecule has 0 radical (unpaired) electrons. The Kier molecular flexibility index (Phi) is 3.34. The van der Waals surface area contributed by atoms with E-state index in [4.69, 9.17) is 4.98 Å². The maximum atomic E-state index is 4.81. The summed E-state index contributed by atoms with van der Waals surface area (Å²) in [5.74, 6) is 0. The predicted octanol–water partition coefficient (Wildman–Crippen LogP) is 5.09. The number of aryl methyl sites for hydroxylation is 1. The number of benzene rings is 1. The molecule has 0 saturated carbocycles. The van der Waals surface area contributed by atoms with E-state index in [1.807, 2.05) is 17.4 Å². The van der Waals surface area contributed by atoms with Crippen molar-refractivity contribution in [3.8, 4) is 10.6 Å². The van der Waals surface area contributed by atoms with Crippen LogP contribution in [0.2, 0.25) is 0 Å². The Morgan fingerprint density at radius 3 is 2.63 bits per heavy atom. The first-order valence-corrected chi connectivity index (χ1v) is 7.66. The van der Waals surface area contributed by atoms with Crippen LogP contribution >= 0.6 is 11.3 Å². The second-order valence-corrected chi connectivity index (χ2v) is 5.54. The van der Waals surface area contributed by atoms with Crippen LogP contribution < -0.4 is 0 Å². The Bertz CT molecular complexity index is 712. The molecule has 0 aliphatic heterocycles. The molecule has 0 N–H and O–H groups in total. The number of nitrogens with zero attached hydrogens (tertiary/aromatic N) is 1. The summed E-state index contributed by atoms with van der Waals surface area (Å²) in [6, 6.07) is 12.6. The molecule has 2 aromatic heterocycles. The van der Waals surface area contributed by atoms with Crippen LogP contribution in [0.1, 0.15) is 25.0 Å². The SMILES string of the molecule is CCc1csc(-c2ccc3ccccc3n2)c1CC. The number of pyridine rings is 1. The van der Waals surface area contributed by atoms with Gasteiger partial charge in [-0.15, -0.1) is 11.3 Å². The zero-order valence-electron chi connectivity index (χ0n) is 11.3. The summed E-state index contributed by atoms with van der Waals surface area (Å²) < 4.78 is 0. The van der Waals surface area contributed by atoms with Gasteiger partial charge in [-0.1, -0.05) is 38.1 Å². The largest absolute Gasteiger partial charge is 0.247 e. The maximum absolute atomic E-state index is 4.81. The van der Waals surface area contributed by atoms with Crippen molar-refractivity contribution in [3.05, 3.63) is 52.9 Å². The van der Waals surface area contributed by atoms with E-state index in [-0.39, 0.29) is 0 Å². The fourth-order valence-electron chi connectivity index (χ4n) is 2.51. The normalized spacial score (nSPS) is 11.1. The fourth-order valence-corrected chi connectivity index (χ4v) is 3.73. The predicted molar refractivity (Wildman–Crippen MR) is 83.8 cm³/mol. The van der Waals surface area contributed by atoms with Crippen molar-refractivity contribution < 1.29 is 0 Å². The summed E-state index contributed by atoms with van der Waals surface area (Å²) in [5, 5.41) is 3.49. The van der Waals surface area contributed by atoms with E-state index in [1.165, 1.54) is 21.4 Å². The molecule has 0 amide bonds.